The lowest BCUT2D eigenvalue weighted by atomic mass is 10.2. The molecule has 0 amide bonds. The van der Waals surface area contributed by atoms with Crippen LogP contribution in [0.3, 0.4) is 0 Å². The number of thiophene rings is 1. The van der Waals surface area contributed by atoms with Crippen molar-refractivity contribution in [3.8, 4) is 10.4 Å². The maximum Gasteiger partial charge on any atom is 0.123 e. The standard InChI is InChI=1S/C10H7FS.C5H11Cl/c11-9-5-3-8(4-6-9)10-2-1-7-12-10;1-2-3-4-5-6/h1-7H;2-5H2,1H3. The van der Waals surface area contributed by atoms with Gasteiger partial charge in [0, 0.05) is 10.8 Å². The molecule has 0 aliphatic heterocycles. The lowest BCUT2D eigenvalue weighted by Crippen LogP contribution is -1.73. The van der Waals surface area contributed by atoms with Crippen molar-refractivity contribution >= 4 is 22.9 Å². The highest BCUT2D eigenvalue weighted by Crippen LogP contribution is 2.24. The van der Waals surface area contributed by atoms with Gasteiger partial charge in [0.2, 0.25) is 0 Å². The van der Waals surface area contributed by atoms with Crippen LogP contribution in [-0.4, -0.2) is 5.88 Å². The first-order valence-electron chi connectivity index (χ1n) is 6.13. The topological polar surface area (TPSA) is 0 Å². The molecule has 0 saturated carbocycles. The molecule has 1 aromatic heterocycles. The molecule has 0 unspecified atom stereocenters. The first kappa shape index (κ1) is 15.2. The number of benzene rings is 1. The fourth-order valence-electron chi connectivity index (χ4n) is 1.40. The van der Waals surface area contributed by atoms with Gasteiger partial charge in [0.1, 0.15) is 5.82 Å². The van der Waals surface area contributed by atoms with E-state index in [4.69, 9.17) is 11.6 Å². The van der Waals surface area contributed by atoms with Gasteiger partial charge in [-0.2, -0.15) is 0 Å². The third-order valence-electron chi connectivity index (χ3n) is 2.39. The zero-order valence-corrected chi connectivity index (χ0v) is 12.1. The van der Waals surface area contributed by atoms with Crippen LogP contribution in [0, 0.1) is 5.82 Å². The number of hydrogen-bond acceptors (Lipinski definition) is 1. The van der Waals surface area contributed by atoms with E-state index >= 15 is 0 Å². The summed E-state index contributed by atoms with van der Waals surface area (Å²) in [5.74, 6) is 0.642. The molecular weight excluding hydrogens is 267 g/mol. The molecule has 0 aliphatic carbocycles. The fourth-order valence-corrected chi connectivity index (χ4v) is 2.32. The van der Waals surface area contributed by atoms with Crippen molar-refractivity contribution in [2.45, 2.75) is 26.2 Å². The molecule has 1 aromatic carbocycles. The van der Waals surface area contributed by atoms with Gasteiger partial charge < -0.3 is 0 Å². The first-order valence-corrected chi connectivity index (χ1v) is 7.54. The van der Waals surface area contributed by atoms with Crippen molar-refractivity contribution < 1.29 is 4.39 Å². The van der Waals surface area contributed by atoms with E-state index in [1.807, 2.05) is 17.5 Å². The van der Waals surface area contributed by atoms with Crippen LogP contribution in [-0.2, 0) is 0 Å². The molecule has 0 atom stereocenters. The van der Waals surface area contributed by atoms with Crippen LogP contribution in [0.2, 0.25) is 0 Å². The number of rotatable bonds is 4. The summed E-state index contributed by atoms with van der Waals surface area (Å²) in [6.45, 7) is 2.17. The van der Waals surface area contributed by atoms with E-state index in [1.165, 1.54) is 36.3 Å². The molecule has 2 rings (SSSR count). The predicted octanol–water partition coefficient (Wildman–Crippen LogP) is 5.97. The number of halogens is 2. The molecule has 0 bridgehead atoms. The Morgan fingerprint density at radius 2 is 1.83 bits per heavy atom. The fraction of sp³-hybridized carbons (Fsp3) is 0.333. The summed E-state index contributed by atoms with van der Waals surface area (Å²) < 4.78 is 12.5. The summed E-state index contributed by atoms with van der Waals surface area (Å²) in [5.41, 5.74) is 1.08. The molecule has 0 radical (unpaired) electrons. The summed E-state index contributed by atoms with van der Waals surface area (Å²) in [6.07, 6.45) is 3.73. The van der Waals surface area contributed by atoms with Gasteiger partial charge >= 0.3 is 0 Å². The van der Waals surface area contributed by atoms with Gasteiger partial charge in [-0.1, -0.05) is 38.0 Å². The maximum absolute atomic E-state index is 12.5. The molecule has 0 saturated heterocycles. The highest BCUT2D eigenvalue weighted by molar-refractivity contribution is 7.13. The van der Waals surface area contributed by atoms with Crippen molar-refractivity contribution in [3.63, 3.8) is 0 Å². The Bertz CT molecular complexity index is 405. The summed E-state index contributed by atoms with van der Waals surface area (Å²) >= 11 is 7.04. The van der Waals surface area contributed by atoms with Gasteiger partial charge in [0.15, 0.2) is 0 Å². The second-order valence-electron chi connectivity index (χ2n) is 3.88. The summed E-state index contributed by atoms with van der Waals surface area (Å²) in [4.78, 5) is 1.18. The van der Waals surface area contributed by atoms with E-state index in [0.717, 1.165) is 11.4 Å². The molecule has 3 heteroatoms. The minimum atomic E-state index is -0.185. The zero-order valence-electron chi connectivity index (χ0n) is 10.5. The van der Waals surface area contributed by atoms with Crippen LogP contribution in [0.1, 0.15) is 26.2 Å². The van der Waals surface area contributed by atoms with Crippen LogP contribution < -0.4 is 0 Å². The van der Waals surface area contributed by atoms with Gasteiger partial charge in [0.05, 0.1) is 0 Å². The lowest BCUT2D eigenvalue weighted by molar-refractivity contribution is 0.628. The van der Waals surface area contributed by atoms with Gasteiger partial charge in [-0.25, -0.2) is 4.39 Å². The summed E-state index contributed by atoms with van der Waals surface area (Å²) in [6, 6.07) is 10.6. The zero-order chi connectivity index (χ0) is 13.2. The number of unbranched alkanes of at least 4 members (excludes halogenated alkanes) is 2. The highest BCUT2D eigenvalue weighted by atomic mass is 35.5. The Balaban J connectivity index is 0.000000232. The lowest BCUT2D eigenvalue weighted by Gasteiger charge is -1.94. The second kappa shape index (κ2) is 9.12. The second-order valence-corrected chi connectivity index (χ2v) is 5.21. The number of hydrogen-bond donors (Lipinski definition) is 0. The predicted molar refractivity (Wildman–Crippen MR) is 80.0 cm³/mol. The molecule has 0 aliphatic rings. The van der Waals surface area contributed by atoms with Gasteiger partial charge in [0.25, 0.3) is 0 Å². The van der Waals surface area contributed by atoms with Crippen LogP contribution in [0.5, 0.6) is 0 Å². The highest BCUT2D eigenvalue weighted by Gasteiger charge is 1.97. The first-order chi connectivity index (χ1) is 8.77. The molecule has 0 N–H and O–H groups in total. The molecule has 98 valence electrons. The van der Waals surface area contributed by atoms with E-state index in [-0.39, 0.29) is 5.82 Å². The molecule has 18 heavy (non-hydrogen) atoms. The van der Waals surface area contributed by atoms with Crippen molar-refractivity contribution in [1.82, 2.24) is 0 Å². The third-order valence-corrected chi connectivity index (χ3v) is 3.57. The van der Waals surface area contributed by atoms with Crippen molar-refractivity contribution in [1.29, 1.82) is 0 Å². The van der Waals surface area contributed by atoms with Gasteiger partial charge in [-0.3, -0.25) is 0 Å². The Morgan fingerprint density at radius 1 is 1.11 bits per heavy atom. The molecule has 0 nitrogen and oxygen atoms in total. The van der Waals surface area contributed by atoms with Crippen LogP contribution >= 0.6 is 22.9 Å². The van der Waals surface area contributed by atoms with E-state index < -0.39 is 0 Å². The Morgan fingerprint density at radius 3 is 2.28 bits per heavy atom. The Kier molecular flexibility index (Phi) is 7.70. The molecule has 0 spiro atoms. The maximum atomic E-state index is 12.5. The van der Waals surface area contributed by atoms with E-state index in [9.17, 15) is 4.39 Å². The third kappa shape index (κ3) is 5.65. The van der Waals surface area contributed by atoms with Crippen LogP contribution in [0.25, 0.3) is 10.4 Å². The van der Waals surface area contributed by atoms with Crippen molar-refractivity contribution in [3.05, 3.63) is 47.6 Å². The molecular formula is C15H18ClFS. The summed E-state index contributed by atoms with van der Waals surface area (Å²) in [5, 5.41) is 2.01. The minimum absolute atomic E-state index is 0.185. The van der Waals surface area contributed by atoms with Crippen LogP contribution in [0.4, 0.5) is 4.39 Å². The number of alkyl halides is 1. The van der Waals surface area contributed by atoms with Crippen molar-refractivity contribution in [2.24, 2.45) is 0 Å². The minimum Gasteiger partial charge on any atom is -0.207 e. The largest absolute Gasteiger partial charge is 0.207 e. The van der Waals surface area contributed by atoms with Crippen molar-refractivity contribution in [2.75, 3.05) is 5.88 Å². The van der Waals surface area contributed by atoms with Crippen LogP contribution in [0.15, 0.2) is 41.8 Å². The average Bonchev–Trinajstić information content (AvgIpc) is 2.92. The van der Waals surface area contributed by atoms with Gasteiger partial charge in [-0.05, 0) is 35.6 Å². The molecule has 1 heterocycles. The molecule has 2 aromatic rings. The summed E-state index contributed by atoms with van der Waals surface area (Å²) in [7, 11) is 0. The SMILES string of the molecule is CCCCCCl.Fc1ccc(-c2cccs2)cc1. The Labute approximate surface area is 117 Å². The van der Waals surface area contributed by atoms with E-state index in [2.05, 4.69) is 6.92 Å². The normalized spacial score (nSPS) is 9.72. The smallest absolute Gasteiger partial charge is 0.123 e. The van der Waals surface area contributed by atoms with Gasteiger partial charge in [-0.15, -0.1) is 22.9 Å². The quantitative estimate of drug-likeness (QED) is 0.479. The average molecular weight is 285 g/mol. The van der Waals surface area contributed by atoms with E-state index in [1.54, 1.807) is 23.5 Å². The monoisotopic (exact) mass is 284 g/mol. The molecule has 0 fully saturated rings. The Hall–Kier alpha value is -0.860. The van der Waals surface area contributed by atoms with E-state index in [0.29, 0.717) is 0 Å².